The molecule has 0 fully saturated rings. The average Bonchev–Trinajstić information content (AvgIpc) is 1.58. The monoisotopic (exact) mass is 1370 g/mol. The van der Waals surface area contributed by atoms with E-state index < -0.39 is 5.60 Å². The maximum absolute atomic E-state index is 13.6. The minimum Gasteiger partial charge on any atom is -0.466 e. The SMILES string of the molecule is CCCCCCCCCOC(=O)CCCCCCCCN(CCCCCCCCC(=O)OCCCCCCCCC)CCN(C)CCN(CCCCCCCCC(=O)OCCCCCCCCC)CCCCCC(=O)OC(C)(C)Cn1c(COCC)nc2c(N)nc3ccccc3c21. The van der Waals surface area contributed by atoms with Gasteiger partial charge >= 0.3 is 23.9 Å². The molecule has 0 spiro atoms. The number of fused-ring (bicyclic) bond motifs is 3. The van der Waals surface area contributed by atoms with Crippen molar-refractivity contribution in [2.24, 2.45) is 0 Å². The number of anilines is 1. The Morgan fingerprint density at radius 3 is 1.17 bits per heavy atom. The van der Waals surface area contributed by atoms with Crippen LogP contribution in [0.5, 0.6) is 0 Å². The molecular weight excluding hydrogens is 1230 g/mol. The van der Waals surface area contributed by atoms with E-state index in [4.69, 9.17) is 34.4 Å². The Kier molecular flexibility index (Phi) is 53.0. The molecule has 0 aliphatic heterocycles. The summed E-state index contributed by atoms with van der Waals surface area (Å²) >= 11 is 0. The first-order chi connectivity index (χ1) is 47.8. The zero-order valence-corrected chi connectivity index (χ0v) is 64.2. The first kappa shape index (κ1) is 87.8. The Labute approximate surface area is 598 Å². The number of likely N-dealkylation sites (N-methyl/N-ethyl adjacent to an activating group) is 1. The van der Waals surface area contributed by atoms with Crippen molar-refractivity contribution in [2.75, 3.05) is 91.6 Å². The molecule has 16 nitrogen and oxygen atoms in total. The molecule has 3 rings (SSSR count). The Balaban J connectivity index is 1.51. The molecule has 2 heterocycles. The molecule has 98 heavy (non-hydrogen) atoms. The highest BCUT2D eigenvalue weighted by atomic mass is 16.6. The third kappa shape index (κ3) is 44.8. The lowest BCUT2D eigenvalue weighted by molar-refractivity contribution is -0.158. The molecule has 0 saturated carbocycles. The van der Waals surface area contributed by atoms with Gasteiger partial charge in [0, 0.05) is 63.9 Å². The quantitative estimate of drug-likeness (QED) is 0.0320. The van der Waals surface area contributed by atoms with Crippen LogP contribution in [0.15, 0.2) is 24.3 Å². The van der Waals surface area contributed by atoms with E-state index in [1.165, 1.54) is 161 Å². The number of benzene rings is 1. The van der Waals surface area contributed by atoms with E-state index in [1.807, 2.05) is 45.0 Å². The molecule has 0 saturated heterocycles. The topological polar surface area (TPSA) is 181 Å². The van der Waals surface area contributed by atoms with Crippen molar-refractivity contribution in [1.29, 1.82) is 0 Å². The maximum Gasteiger partial charge on any atom is 0.306 e. The number of rotatable bonds is 69. The van der Waals surface area contributed by atoms with Crippen LogP contribution in [-0.2, 0) is 56.0 Å². The number of esters is 4. The van der Waals surface area contributed by atoms with E-state index in [9.17, 15) is 19.2 Å². The number of ether oxygens (including phenoxy) is 5. The van der Waals surface area contributed by atoms with Crippen LogP contribution < -0.4 is 5.73 Å². The Morgan fingerprint density at radius 2 is 0.776 bits per heavy atom. The summed E-state index contributed by atoms with van der Waals surface area (Å²) in [5.74, 6) is 0.805. The number of pyridine rings is 1. The zero-order valence-electron chi connectivity index (χ0n) is 64.2. The van der Waals surface area contributed by atoms with E-state index in [0.29, 0.717) is 76.6 Å². The second kappa shape index (κ2) is 59.2. The van der Waals surface area contributed by atoms with Crippen molar-refractivity contribution in [3.05, 3.63) is 30.1 Å². The van der Waals surface area contributed by atoms with Gasteiger partial charge in [0.1, 0.15) is 23.5 Å². The van der Waals surface area contributed by atoms with Crippen molar-refractivity contribution in [1.82, 2.24) is 29.2 Å². The normalized spacial score (nSPS) is 11.9. The lowest BCUT2D eigenvalue weighted by Crippen LogP contribution is -2.39. The van der Waals surface area contributed by atoms with Gasteiger partial charge in [0.05, 0.1) is 37.4 Å². The predicted octanol–water partition coefficient (Wildman–Crippen LogP) is 20.2. The minimum atomic E-state index is -0.817. The van der Waals surface area contributed by atoms with E-state index >= 15 is 0 Å². The second-order valence-corrected chi connectivity index (χ2v) is 29.1. The summed E-state index contributed by atoms with van der Waals surface area (Å²) in [6.07, 6.45) is 50.5. The van der Waals surface area contributed by atoms with Crippen LogP contribution in [0, 0.1) is 0 Å². The van der Waals surface area contributed by atoms with Gasteiger partial charge in [-0.15, -0.1) is 0 Å². The van der Waals surface area contributed by atoms with Gasteiger partial charge in [-0.1, -0.05) is 238 Å². The van der Waals surface area contributed by atoms with Gasteiger partial charge < -0.3 is 48.7 Å². The number of hydrogen-bond donors (Lipinski definition) is 1. The summed E-state index contributed by atoms with van der Waals surface area (Å²) in [5, 5.41) is 0.943. The van der Waals surface area contributed by atoms with Gasteiger partial charge in [-0.2, -0.15) is 0 Å². The highest BCUT2D eigenvalue weighted by molar-refractivity contribution is 6.06. The van der Waals surface area contributed by atoms with Crippen LogP contribution in [0.1, 0.15) is 343 Å². The number of para-hydroxylation sites is 1. The molecule has 564 valence electrons. The van der Waals surface area contributed by atoms with Gasteiger partial charge in [-0.25, -0.2) is 9.97 Å². The van der Waals surface area contributed by atoms with Crippen molar-refractivity contribution >= 4 is 51.6 Å². The number of carbonyl (C=O) groups excluding carboxylic acids is 4. The van der Waals surface area contributed by atoms with Crippen LogP contribution in [0.2, 0.25) is 0 Å². The van der Waals surface area contributed by atoms with Gasteiger partial charge in [0.25, 0.3) is 0 Å². The smallest absolute Gasteiger partial charge is 0.306 e. The zero-order chi connectivity index (χ0) is 70.8. The number of unbranched alkanes of at least 4 members (excludes halogenated alkanes) is 35. The van der Waals surface area contributed by atoms with Gasteiger partial charge in [0.2, 0.25) is 0 Å². The number of nitrogens with two attached hydrogens (primary N) is 1. The molecule has 0 radical (unpaired) electrons. The van der Waals surface area contributed by atoms with E-state index in [-0.39, 0.29) is 23.9 Å². The fourth-order valence-corrected chi connectivity index (χ4v) is 13.2. The van der Waals surface area contributed by atoms with Crippen LogP contribution in [0.3, 0.4) is 0 Å². The number of hydrogen-bond acceptors (Lipinski definition) is 15. The largest absolute Gasteiger partial charge is 0.466 e. The lowest BCUT2D eigenvalue weighted by atomic mass is 10.1. The number of carbonyl (C=O) groups is 4. The van der Waals surface area contributed by atoms with Crippen LogP contribution in [0.4, 0.5) is 5.82 Å². The third-order valence-electron chi connectivity index (χ3n) is 19.4. The van der Waals surface area contributed by atoms with E-state index in [0.717, 1.165) is 184 Å². The number of nitrogen functional groups attached to an aromatic ring is 1. The molecular formula is C82H147N7O9. The first-order valence-electron chi connectivity index (χ1n) is 40.7. The Hall–Kier alpha value is -4.38. The standard InChI is InChI=1S/C82H147N7O9/c1-8-12-15-18-27-36-50-67-95-75(90)55-40-30-21-24-33-46-59-87(60-47-34-25-22-31-41-56-76(91)96-68-51-37-28-19-16-13-9-2)65-63-86(7)64-66-88(61-48-35-26-23-32-42-57-77(92)97-69-52-38-29-20-17-14-10-3)62-49-39-43-58-78(93)98-82(5,6)71-89-74(70-94-11-4)85-79-80(89)72-53-44-45-54-73(72)84-81(79)83/h44-45,53-54H,8-43,46-52,55-71H2,1-7H3,(H2,83,84). The van der Waals surface area contributed by atoms with Crippen LogP contribution in [0.25, 0.3) is 21.9 Å². The van der Waals surface area contributed by atoms with E-state index in [1.54, 1.807) is 0 Å². The van der Waals surface area contributed by atoms with Crippen molar-refractivity contribution < 1.29 is 42.9 Å². The van der Waals surface area contributed by atoms with Crippen molar-refractivity contribution in [2.45, 2.75) is 356 Å². The Bertz CT molecular complexity index is 2400. The molecule has 0 unspecified atom stereocenters. The molecule has 3 aromatic rings. The van der Waals surface area contributed by atoms with Gasteiger partial charge in [0.15, 0.2) is 5.82 Å². The lowest BCUT2D eigenvalue weighted by Gasteiger charge is -2.28. The second-order valence-electron chi connectivity index (χ2n) is 29.1. The minimum absolute atomic E-state index is 0.0285. The number of nitrogens with zero attached hydrogens (tertiary/aromatic N) is 6. The molecule has 0 amide bonds. The Morgan fingerprint density at radius 1 is 0.429 bits per heavy atom. The van der Waals surface area contributed by atoms with Crippen molar-refractivity contribution in [3.8, 4) is 0 Å². The van der Waals surface area contributed by atoms with Gasteiger partial charge in [-0.05, 0) is 131 Å². The molecule has 0 bridgehead atoms. The highest BCUT2D eigenvalue weighted by Gasteiger charge is 2.28. The molecule has 2 N–H and O–H groups in total. The van der Waals surface area contributed by atoms with Crippen LogP contribution in [-0.4, -0.2) is 145 Å². The molecule has 2 aromatic heterocycles. The molecule has 0 aliphatic rings. The first-order valence-corrected chi connectivity index (χ1v) is 40.7. The molecule has 16 heteroatoms. The summed E-state index contributed by atoms with van der Waals surface area (Å²) in [4.78, 5) is 68.2. The van der Waals surface area contributed by atoms with Gasteiger partial charge in [-0.3, -0.25) is 19.2 Å². The fourth-order valence-electron chi connectivity index (χ4n) is 13.2. The van der Waals surface area contributed by atoms with Crippen LogP contribution >= 0.6 is 0 Å². The van der Waals surface area contributed by atoms with Crippen molar-refractivity contribution in [3.63, 3.8) is 0 Å². The summed E-state index contributed by atoms with van der Waals surface area (Å²) in [7, 11) is 2.29. The summed E-state index contributed by atoms with van der Waals surface area (Å²) in [6, 6.07) is 7.93. The third-order valence-corrected chi connectivity index (χ3v) is 19.4. The summed E-state index contributed by atoms with van der Waals surface area (Å²) < 4.78 is 30.8. The highest BCUT2D eigenvalue weighted by Crippen LogP contribution is 2.31. The number of imidazole rings is 1. The van der Waals surface area contributed by atoms with E-state index in [2.05, 4.69) is 52.1 Å². The maximum atomic E-state index is 13.6. The molecule has 1 aromatic carbocycles. The number of aromatic nitrogens is 3. The average molecular weight is 1380 g/mol. The fraction of sp³-hybridized carbons (Fsp3) is 0.829. The summed E-state index contributed by atoms with van der Waals surface area (Å²) in [6.45, 7) is 23.9. The summed E-state index contributed by atoms with van der Waals surface area (Å²) in [5.41, 5.74) is 7.95. The molecule has 0 aliphatic carbocycles. The molecule has 0 atom stereocenters. The predicted molar refractivity (Wildman–Crippen MR) is 408 cm³/mol.